The van der Waals surface area contributed by atoms with E-state index in [0.29, 0.717) is 11.8 Å². The van der Waals surface area contributed by atoms with Crippen LogP contribution in [0.5, 0.6) is 0 Å². The lowest BCUT2D eigenvalue weighted by Crippen LogP contribution is -2.49. The van der Waals surface area contributed by atoms with Crippen LogP contribution in [0.4, 0.5) is 0 Å². The maximum Gasteiger partial charge on any atom is 0.0927 e. The molecule has 1 fully saturated rings. The minimum absolute atomic E-state index is 0.101. The van der Waals surface area contributed by atoms with Crippen LogP contribution in [0.2, 0.25) is 0 Å². The summed E-state index contributed by atoms with van der Waals surface area (Å²) in [4.78, 5) is 0. The fourth-order valence-electron chi connectivity index (χ4n) is 4.34. The van der Waals surface area contributed by atoms with E-state index in [4.69, 9.17) is 9.47 Å². The molecule has 2 heteroatoms. The molecule has 0 aromatic carbocycles. The number of hydrogen-bond acceptors (Lipinski definition) is 2. The van der Waals surface area contributed by atoms with Gasteiger partial charge in [0.25, 0.3) is 0 Å². The number of hydrogen-bond donors (Lipinski definition) is 0. The molecule has 0 N–H and O–H groups in total. The molecule has 3 rings (SSSR count). The average molecular weight is 304 g/mol. The molecule has 3 aliphatic heterocycles. The average Bonchev–Trinajstić information content (AvgIpc) is 2.80. The molecule has 0 aromatic heterocycles. The molecular formula is C20H32O2. The summed E-state index contributed by atoms with van der Waals surface area (Å²) < 4.78 is 13.2. The second-order valence-electron chi connectivity index (χ2n) is 8.60. The first kappa shape index (κ1) is 16.3. The molecule has 0 aromatic rings. The summed E-state index contributed by atoms with van der Waals surface area (Å²) in [6, 6.07) is 0. The first-order chi connectivity index (χ1) is 10.2. The summed E-state index contributed by atoms with van der Waals surface area (Å²) in [7, 11) is 0. The van der Waals surface area contributed by atoms with E-state index in [1.807, 2.05) is 0 Å². The molecule has 0 unspecified atom stereocenters. The van der Waals surface area contributed by atoms with Crippen LogP contribution in [-0.4, -0.2) is 22.9 Å². The number of ether oxygens (including phenoxy) is 2. The van der Waals surface area contributed by atoms with Crippen molar-refractivity contribution in [2.24, 2.45) is 11.8 Å². The van der Waals surface area contributed by atoms with Gasteiger partial charge in [0.15, 0.2) is 0 Å². The quantitative estimate of drug-likeness (QED) is 0.632. The molecule has 1 saturated heterocycles. The van der Waals surface area contributed by atoms with Crippen LogP contribution >= 0.6 is 0 Å². The van der Waals surface area contributed by atoms with E-state index in [9.17, 15) is 0 Å². The van der Waals surface area contributed by atoms with Crippen LogP contribution in [0.25, 0.3) is 0 Å². The van der Waals surface area contributed by atoms with E-state index in [1.165, 1.54) is 6.42 Å². The molecule has 5 atom stereocenters. The lowest BCUT2D eigenvalue weighted by atomic mass is 9.80. The molecule has 0 amide bonds. The van der Waals surface area contributed by atoms with Crippen molar-refractivity contribution < 1.29 is 9.47 Å². The Kier molecular flexibility index (Phi) is 4.06. The largest absolute Gasteiger partial charge is 0.365 e. The predicted octanol–water partition coefficient (Wildman–Crippen LogP) is 5.04. The van der Waals surface area contributed by atoms with Crippen molar-refractivity contribution >= 4 is 0 Å². The van der Waals surface area contributed by atoms with Crippen LogP contribution in [-0.2, 0) is 9.47 Å². The monoisotopic (exact) mass is 304 g/mol. The van der Waals surface area contributed by atoms with Gasteiger partial charge in [0, 0.05) is 0 Å². The molecule has 0 saturated carbocycles. The summed E-state index contributed by atoms with van der Waals surface area (Å²) in [5.74, 6) is 1.32. The molecule has 3 heterocycles. The van der Waals surface area contributed by atoms with Gasteiger partial charge in [0.05, 0.1) is 22.9 Å². The summed E-state index contributed by atoms with van der Waals surface area (Å²) >= 11 is 0. The van der Waals surface area contributed by atoms with Crippen molar-refractivity contribution in [2.75, 3.05) is 0 Å². The van der Waals surface area contributed by atoms with Gasteiger partial charge >= 0.3 is 0 Å². The fourth-order valence-corrected chi connectivity index (χ4v) is 4.34. The smallest absolute Gasteiger partial charge is 0.0927 e. The lowest BCUT2D eigenvalue weighted by molar-refractivity contribution is -0.189. The van der Waals surface area contributed by atoms with Crippen LogP contribution < -0.4 is 0 Å². The minimum atomic E-state index is -0.219. The van der Waals surface area contributed by atoms with E-state index in [1.54, 1.807) is 0 Å². The summed E-state index contributed by atoms with van der Waals surface area (Å²) in [6.07, 6.45) is 14.9. The Labute approximate surface area is 136 Å². The zero-order valence-corrected chi connectivity index (χ0v) is 14.9. The topological polar surface area (TPSA) is 18.5 Å². The van der Waals surface area contributed by atoms with Crippen LogP contribution in [0.15, 0.2) is 24.3 Å². The molecule has 4 bridgehead atoms. The third kappa shape index (κ3) is 3.05. The standard InChI is InChI=1S/C20H32O2/c1-15(2)16-7-12-19(4)11-6-10-18(3)13-9-17(21-18)20(5,22-19)14-8-16/h6-7,10,12,15-17H,8-9,11,13-14H2,1-5H3/b10-6-,12-7-/t16-,17+,18+,19+,20-/m0/s1. The van der Waals surface area contributed by atoms with Gasteiger partial charge in [-0.3, -0.25) is 0 Å². The highest BCUT2D eigenvalue weighted by Gasteiger charge is 2.49. The third-order valence-corrected chi connectivity index (χ3v) is 5.98. The third-order valence-electron chi connectivity index (χ3n) is 5.98. The van der Waals surface area contributed by atoms with Crippen LogP contribution in [0.3, 0.4) is 0 Å². The SMILES string of the molecule is CC(C)[C@H]1/C=C\[C@@]2(C)C/C=C\[C@]3(C)CC[C@@H](O3)[C@](C)(CC1)O2. The Hall–Kier alpha value is -0.600. The minimum Gasteiger partial charge on any atom is -0.365 e. The van der Waals surface area contributed by atoms with E-state index < -0.39 is 0 Å². The van der Waals surface area contributed by atoms with E-state index in [0.717, 1.165) is 25.7 Å². The fraction of sp³-hybridized carbons (Fsp3) is 0.800. The Bertz CT molecular complexity index is 480. The van der Waals surface area contributed by atoms with Gasteiger partial charge in [-0.25, -0.2) is 0 Å². The van der Waals surface area contributed by atoms with Crippen molar-refractivity contribution in [2.45, 2.75) is 89.6 Å². The van der Waals surface area contributed by atoms with E-state index in [2.05, 4.69) is 58.9 Å². The van der Waals surface area contributed by atoms with Gasteiger partial charge in [0.1, 0.15) is 0 Å². The molecule has 3 aliphatic rings. The van der Waals surface area contributed by atoms with Crippen molar-refractivity contribution in [3.8, 4) is 0 Å². The van der Waals surface area contributed by atoms with Gasteiger partial charge in [-0.05, 0) is 64.7 Å². The maximum absolute atomic E-state index is 6.73. The van der Waals surface area contributed by atoms with Gasteiger partial charge in [-0.2, -0.15) is 0 Å². The van der Waals surface area contributed by atoms with Crippen molar-refractivity contribution in [3.05, 3.63) is 24.3 Å². The van der Waals surface area contributed by atoms with E-state index in [-0.39, 0.29) is 22.9 Å². The Morgan fingerprint density at radius 1 is 1.00 bits per heavy atom. The first-order valence-corrected chi connectivity index (χ1v) is 8.99. The van der Waals surface area contributed by atoms with Crippen molar-refractivity contribution in [1.82, 2.24) is 0 Å². The van der Waals surface area contributed by atoms with Gasteiger partial charge in [-0.1, -0.05) is 38.2 Å². The highest BCUT2D eigenvalue weighted by Crippen LogP contribution is 2.45. The zero-order valence-electron chi connectivity index (χ0n) is 14.9. The maximum atomic E-state index is 6.73. The van der Waals surface area contributed by atoms with Gasteiger partial charge in [-0.15, -0.1) is 0 Å². The Morgan fingerprint density at radius 2 is 1.77 bits per heavy atom. The highest BCUT2D eigenvalue weighted by molar-refractivity contribution is 5.15. The van der Waals surface area contributed by atoms with Crippen LogP contribution in [0.1, 0.15) is 66.7 Å². The Morgan fingerprint density at radius 3 is 2.50 bits per heavy atom. The predicted molar refractivity (Wildman–Crippen MR) is 90.9 cm³/mol. The first-order valence-electron chi connectivity index (χ1n) is 8.99. The van der Waals surface area contributed by atoms with Gasteiger partial charge in [0.2, 0.25) is 0 Å². The molecule has 0 aliphatic carbocycles. The lowest BCUT2D eigenvalue weighted by Gasteiger charge is -2.44. The summed E-state index contributed by atoms with van der Waals surface area (Å²) in [5, 5.41) is 0. The van der Waals surface area contributed by atoms with Crippen molar-refractivity contribution in [3.63, 3.8) is 0 Å². The molecule has 0 radical (unpaired) electrons. The second kappa shape index (κ2) is 5.49. The molecule has 0 spiro atoms. The summed E-state index contributed by atoms with van der Waals surface area (Å²) in [5.41, 5.74) is -0.505. The normalized spacial score (nSPS) is 51.4. The molecule has 124 valence electrons. The van der Waals surface area contributed by atoms with Crippen LogP contribution in [0, 0.1) is 11.8 Å². The van der Waals surface area contributed by atoms with Gasteiger partial charge < -0.3 is 9.47 Å². The molecule has 22 heavy (non-hydrogen) atoms. The van der Waals surface area contributed by atoms with E-state index >= 15 is 0 Å². The number of fused-ring (bicyclic) bond motifs is 5. The Balaban J connectivity index is 1.98. The van der Waals surface area contributed by atoms with Crippen molar-refractivity contribution in [1.29, 1.82) is 0 Å². The summed E-state index contributed by atoms with van der Waals surface area (Å²) in [6.45, 7) is 11.4. The number of allylic oxidation sites excluding steroid dienone is 1. The zero-order chi connectivity index (χ0) is 16.0. The highest BCUT2D eigenvalue weighted by atomic mass is 16.6. The molecular weight excluding hydrogens is 272 g/mol. The second-order valence-corrected chi connectivity index (χ2v) is 8.60. The molecule has 2 nitrogen and oxygen atoms in total. The number of rotatable bonds is 1.